The van der Waals surface area contributed by atoms with Crippen molar-refractivity contribution in [3.05, 3.63) is 47.8 Å². The van der Waals surface area contributed by atoms with Gasteiger partial charge in [-0.3, -0.25) is 0 Å². The minimum atomic E-state index is -4.69. The van der Waals surface area contributed by atoms with Crippen LogP contribution in [0.2, 0.25) is 0 Å². The molecule has 0 bridgehead atoms. The quantitative estimate of drug-likeness (QED) is 0.775. The van der Waals surface area contributed by atoms with Gasteiger partial charge >= 0.3 is 12.4 Å². The molecule has 0 radical (unpaired) electrons. The SMILES string of the molecule is O=S(=O)(c1ccc(C(F)(F)F)cn1)c1ccc(C(F)(F)F)cn1. The zero-order valence-electron chi connectivity index (χ0n) is 10.9. The number of pyridine rings is 2. The number of hydrogen-bond acceptors (Lipinski definition) is 4. The lowest BCUT2D eigenvalue weighted by atomic mass is 10.3. The zero-order valence-corrected chi connectivity index (χ0v) is 11.7. The number of nitrogens with zero attached hydrogens (tertiary/aromatic N) is 2. The fourth-order valence-electron chi connectivity index (χ4n) is 1.52. The van der Waals surface area contributed by atoms with Crippen LogP contribution < -0.4 is 0 Å². The van der Waals surface area contributed by atoms with E-state index in [0.717, 1.165) is 0 Å². The van der Waals surface area contributed by atoms with Gasteiger partial charge in [0.1, 0.15) is 0 Å². The lowest BCUT2D eigenvalue weighted by Gasteiger charge is -2.08. The molecule has 11 heteroatoms. The van der Waals surface area contributed by atoms with E-state index in [-0.39, 0.29) is 0 Å². The summed E-state index contributed by atoms with van der Waals surface area (Å²) in [5.41, 5.74) is -2.31. The minimum Gasteiger partial charge on any atom is -0.244 e. The van der Waals surface area contributed by atoms with Gasteiger partial charge in [0.05, 0.1) is 11.1 Å². The smallest absolute Gasteiger partial charge is 0.244 e. The third kappa shape index (κ3) is 3.60. The van der Waals surface area contributed by atoms with Crippen LogP contribution in [0.1, 0.15) is 11.1 Å². The first-order valence-electron chi connectivity index (χ1n) is 5.74. The van der Waals surface area contributed by atoms with Crippen LogP contribution in [0.4, 0.5) is 26.3 Å². The first-order valence-corrected chi connectivity index (χ1v) is 7.22. The second-order valence-electron chi connectivity index (χ2n) is 4.27. The summed E-state index contributed by atoms with van der Waals surface area (Å²) < 4.78 is 98.5. The van der Waals surface area contributed by atoms with Gasteiger partial charge in [0.2, 0.25) is 9.84 Å². The van der Waals surface area contributed by atoms with Crippen molar-refractivity contribution in [2.45, 2.75) is 22.4 Å². The highest BCUT2D eigenvalue weighted by atomic mass is 32.2. The molecule has 0 N–H and O–H groups in total. The molecule has 0 amide bonds. The van der Waals surface area contributed by atoms with Crippen molar-refractivity contribution < 1.29 is 34.8 Å². The Morgan fingerprint density at radius 2 is 1.04 bits per heavy atom. The molecule has 0 aliphatic heterocycles. The molecule has 0 fully saturated rings. The summed E-state index contributed by atoms with van der Waals surface area (Å²) in [4.78, 5) is 6.39. The average Bonchev–Trinajstić information content (AvgIpc) is 2.46. The Morgan fingerprint density at radius 3 is 1.26 bits per heavy atom. The molecule has 124 valence electrons. The molecule has 0 unspecified atom stereocenters. The minimum absolute atomic E-state index is 0.316. The van der Waals surface area contributed by atoms with Crippen molar-refractivity contribution in [1.82, 2.24) is 9.97 Å². The Hall–Kier alpha value is -2.17. The number of aromatic nitrogens is 2. The van der Waals surface area contributed by atoms with Gasteiger partial charge in [0.25, 0.3) is 0 Å². The summed E-state index contributed by atoms with van der Waals surface area (Å²) >= 11 is 0. The molecule has 0 saturated carbocycles. The second kappa shape index (κ2) is 5.48. The van der Waals surface area contributed by atoms with Gasteiger partial charge in [-0.15, -0.1) is 0 Å². The van der Waals surface area contributed by atoms with E-state index in [2.05, 4.69) is 9.97 Å². The molecular formula is C12H6F6N2O2S. The monoisotopic (exact) mass is 356 g/mol. The first kappa shape index (κ1) is 17.2. The van der Waals surface area contributed by atoms with Gasteiger partial charge in [-0.25, -0.2) is 18.4 Å². The van der Waals surface area contributed by atoms with Crippen LogP contribution in [-0.4, -0.2) is 18.4 Å². The molecule has 2 aromatic rings. The molecule has 0 aliphatic carbocycles. The number of rotatable bonds is 2. The van der Waals surface area contributed by atoms with E-state index in [1.807, 2.05) is 0 Å². The van der Waals surface area contributed by atoms with Crippen LogP contribution in [0, 0.1) is 0 Å². The van der Waals surface area contributed by atoms with E-state index in [9.17, 15) is 34.8 Å². The number of sulfone groups is 1. The lowest BCUT2D eigenvalue weighted by Crippen LogP contribution is -2.11. The van der Waals surface area contributed by atoms with Gasteiger partial charge in [0.15, 0.2) is 10.1 Å². The normalized spacial score (nSPS) is 13.1. The largest absolute Gasteiger partial charge is 0.417 e. The van der Waals surface area contributed by atoms with Crippen molar-refractivity contribution >= 4 is 9.84 Å². The summed E-state index contributed by atoms with van der Waals surface area (Å²) in [6.07, 6.45) is -8.75. The molecule has 2 heterocycles. The lowest BCUT2D eigenvalue weighted by molar-refractivity contribution is -0.138. The van der Waals surface area contributed by atoms with E-state index in [0.29, 0.717) is 36.7 Å². The molecular weight excluding hydrogens is 350 g/mol. The van der Waals surface area contributed by atoms with Crippen molar-refractivity contribution in [3.63, 3.8) is 0 Å². The fourth-order valence-corrected chi connectivity index (χ4v) is 2.61. The maximum Gasteiger partial charge on any atom is 0.417 e. The molecule has 0 spiro atoms. The van der Waals surface area contributed by atoms with Gasteiger partial charge < -0.3 is 0 Å². The number of hydrogen-bond donors (Lipinski definition) is 0. The maximum absolute atomic E-state index is 12.4. The van der Waals surface area contributed by atoms with Crippen molar-refractivity contribution in [2.75, 3.05) is 0 Å². The molecule has 23 heavy (non-hydrogen) atoms. The topological polar surface area (TPSA) is 59.9 Å². The molecule has 0 atom stereocenters. The van der Waals surface area contributed by atoms with Crippen LogP contribution in [0.15, 0.2) is 46.7 Å². The Bertz CT molecular complexity index is 732. The van der Waals surface area contributed by atoms with Crippen molar-refractivity contribution in [1.29, 1.82) is 0 Å². The van der Waals surface area contributed by atoms with E-state index in [1.54, 1.807) is 0 Å². The molecule has 0 aromatic carbocycles. The van der Waals surface area contributed by atoms with Crippen LogP contribution in [-0.2, 0) is 22.2 Å². The van der Waals surface area contributed by atoms with E-state index >= 15 is 0 Å². The first-order chi connectivity index (χ1) is 10.4. The molecule has 0 aliphatic rings. The highest BCUT2D eigenvalue weighted by Gasteiger charge is 2.33. The molecule has 4 nitrogen and oxygen atoms in total. The second-order valence-corrected chi connectivity index (χ2v) is 6.11. The summed E-state index contributed by atoms with van der Waals surface area (Å²) in [6.45, 7) is 0. The predicted molar refractivity (Wildman–Crippen MR) is 63.9 cm³/mol. The zero-order chi connectivity index (χ0) is 17.5. The summed E-state index contributed by atoms with van der Waals surface area (Å²) in [5, 5.41) is -1.50. The van der Waals surface area contributed by atoms with Gasteiger partial charge in [-0.1, -0.05) is 0 Å². The Morgan fingerprint density at radius 1 is 0.696 bits per heavy atom. The third-order valence-electron chi connectivity index (χ3n) is 2.68. The third-order valence-corrected chi connectivity index (χ3v) is 4.26. The number of alkyl halides is 6. The standard InChI is InChI=1S/C12H6F6N2O2S/c13-11(14,15)7-1-3-9(19-5-7)23(21,22)10-4-2-8(6-20-10)12(16,17)18/h1-6H. The predicted octanol–water partition coefficient (Wildman–Crippen LogP) is 3.35. The van der Waals surface area contributed by atoms with Crippen LogP contribution in [0.3, 0.4) is 0 Å². The summed E-state index contributed by atoms with van der Waals surface area (Å²) in [6, 6.07) is 2.23. The Labute approximate surface area is 125 Å². The molecule has 2 rings (SSSR count). The van der Waals surface area contributed by atoms with E-state index < -0.39 is 43.4 Å². The van der Waals surface area contributed by atoms with Crippen LogP contribution in [0.25, 0.3) is 0 Å². The Kier molecular flexibility index (Phi) is 4.09. The van der Waals surface area contributed by atoms with Gasteiger partial charge in [-0.05, 0) is 24.3 Å². The number of halogens is 6. The average molecular weight is 356 g/mol. The highest BCUT2D eigenvalue weighted by Crippen LogP contribution is 2.31. The summed E-state index contributed by atoms with van der Waals surface area (Å²) in [7, 11) is -4.42. The van der Waals surface area contributed by atoms with Crippen LogP contribution in [0.5, 0.6) is 0 Å². The molecule has 2 aromatic heterocycles. The molecule has 0 saturated heterocycles. The van der Waals surface area contributed by atoms with Gasteiger partial charge in [0, 0.05) is 12.4 Å². The Balaban J connectivity index is 2.39. The maximum atomic E-state index is 12.4. The van der Waals surface area contributed by atoms with Crippen molar-refractivity contribution in [2.24, 2.45) is 0 Å². The van der Waals surface area contributed by atoms with Gasteiger partial charge in [-0.2, -0.15) is 26.3 Å². The van der Waals surface area contributed by atoms with E-state index in [4.69, 9.17) is 0 Å². The summed E-state index contributed by atoms with van der Waals surface area (Å²) in [5.74, 6) is 0. The van der Waals surface area contributed by atoms with E-state index in [1.165, 1.54) is 0 Å². The van der Waals surface area contributed by atoms with Crippen LogP contribution >= 0.6 is 0 Å². The highest BCUT2D eigenvalue weighted by molar-refractivity contribution is 7.91. The van der Waals surface area contributed by atoms with Crippen molar-refractivity contribution in [3.8, 4) is 0 Å². The fraction of sp³-hybridized carbons (Fsp3) is 0.167.